The molecule has 0 saturated heterocycles. The van der Waals surface area contributed by atoms with E-state index in [1.54, 1.807) is 7.05 Å². The van der Waals surface area contributed by atoms with Crippen LogP contribution < -0.4 is 16.6 Å². The van der Waals surface area contributed by atoms with Crippen LogP contribution in [0.25, 0.3) is 11.2 Å². The Hall–Kier alpha value is -2.83. The largest absolute Gasteiger partial charge is 0.355 e. The van der Waals surface area contributed by atoms with E-state index >= 15 is 0 Å². The van der Waals surface area contributed by atoms with E-state index in [2.05, 4.69) is 34.3 Å². The van der Waals surface area contributed by atoms with Gasteiger partial charge < -0.3 is 9.88 Å². The van der Waals surface area contributed by atoms with Crippen LogP contribution in [0.15, 0.2) is 39.9 Å². The highest BCUT2D eigenvalue weighted by Crippen LogP contribution is 2.17. The van der Waals surface area contributed by atoms with Gasteiger partial charge in [-0.3, -0.25) is 14.3 Å². The highest BCUT2D eigenvalue weighted by molar-refractivity contribution is 5.74. The standard InChI is InChI=1S/C19H25N5O2/c1-3-4-8-13-24-15-16(23(2)19(26)22-17(15)25)21-18(24)20-12-11-14-9-6-5-7-10-14/h5-7,9-10H,3-4,8,11-13H2,1-2H3,(H,20,21)(H,22,25,26). The van der Waals surface area contributed by atoms with Crippen LogP contribution in [0, 0.1) is 0 Å². The van der Waals surface area contributed by atoms with E-state index in [4.69, 9.17) is 0 Å². The molecule has 0 atom stereocenters. The molecule has 138 valence electrons. The fourth-order valence-electron chi connectivity index (χ4n) is 3.07. The Labute approximate surface area is 151 Å². The molecule has 3 rings (SSSR count). The molecule has 7 heteroatoms. The molecule has 2 aromatic heterocycles. The van der Waals surface area contributed by atoms with Gasteiger partial charge in [0.05, 0.1) is 0 Å². The second kappa shape index (κ2) is 8.03. The molecule has 0 amide bonds. The molecule has 0 aliphatic rings. The van der Waals surface area contributed by atoms with Gasteiger partial charge in [-0.15, -0.1) is 0 Å². The Kier molecular flexibility index (Phi) is 5.55. The van der Waals surface area contributed by atoms with Crippen LogP contribution in [0.3, 0.4) is 0 Å². The maximum absolute atomic E-state index is 12.4. The lowest BCUT2D eigenvalue weighted by molar-refractivity contribution is 0.614. The number of hydrogen-bond acceptors (Lipinski definition) is 4. The topological polar surface area (TPSA) is 84.7 Å². The smallest absolute Gasteiger partial charge is 0.329 e. The monoisotopic (exact) mass is 355 g/mol. The lowest BCUT2D eigenvalue weighted by atomic mass is 10.1. The van der Waals surface area contributed by atoms with Gasteiger partial charge in [0.2, 0.25) is 5.95 Å². The summed E-state index contributed by atoms with van der Waals surface area (Å²) in [6, 6.07) is 10.2. The third-order valence-electron chi connectivity index (χ3n) is 4.53. The van der Waals surface area contributed by atoms with E-state index in [9.17, 15) is 9.59 Å². The van der Waals surface area contributed by atoms with Crippen molar-refractivity contribution in [1.82, 2.24) is 19.1 Å². The number of fused-ring (bicyclic) bond motifs is 1. The van der Waals surface area contributed by atoms with Crippen molar-refractivity contribution in [2.45, 2.75) is 39.2 Å². The van der Waals surface area contributed by atoms with Crippen LogP contribution in [0.2, 0.25) is 0 Å². The fourth-order valence-corrected chi connectivity index (χ4v) is 3.07. The van der Waals surface area contributed by atoms with Gasteiger partial charge in [0, 0.05) is 20.1 Å². The molecule has 1 aromatic carbocycles. The number of unbranched alkanes of at least 4 members (excludes halogenated alkanes) is 2. The third-order valence-corrected chi connectivity index (χ3v) is 4.53. The van der Waals surface area contributed by atoms with Crippen LogP contribution >= 0.6 is 0 Å². The van der Waals surface area contributed by atoms with Gasteiger partial charge >= 0.3 is 5.69 Å². The zero-order valence-electron chi connectivity index (χ0n) is 15.3. The second-order valence-electron chi connectivity index (χ2n) is 6.45. The number of anilines is 1. The van der Waals surface area contributed by atoms with Crippen molar-refractivity contribution < 1.29 is 0 Å². The number of aromatic amines is 1. The third kappa shape index (κ3) is 3.71. The van der Waals surface area contributed by atoms with Crippen molar-refractivity contribution in [2.75, 3.05) is 11.9 Å². The first kappa shape index (κ1) is 18.0. The van der Waals surface area contributed by atoms with Crippen molar-refractivity contribution in [3.8, 4) is 0 Å². The molecule has 0 fully saturated rings. The highest BCUT2D eigenvalue weighted by Gasteiger charge is 2.16. The predicted molar refractivity (Wildman–Crippen MR) is 104 cm³/mol. The minimum absolute atomic E-state index is 0.386. The second-order valence-corrected chi connectivity index (χ2v) is 6.45. The van der Waals surface area contributed by atoms with Crippen LogP contribution in [0.5, 0.6) is 0 Å². The summed E-state index contributed by atoms with van der Waals surface area (Å²) in [4.78, 5) is 31.1. The molecule has 0 saturated carbocycles. The van der Waals surface area contributed by atoms with E-state index in [0.29, 0.717) is 30.2 Å². The quantitative estimate of drug-likeness (QED) is 0.607. The zero-order chi connectivity index (χ0) is 18.5. The Balaban J connectivity index is 1.90. The molecule has 0 bridgehead atoms. The van der Waals surface area contributed by atoms with Gasteiger partial charge in [0.25, 0.3) is 5.56 Å². The van der Waals surface area contributed by atoms with E-state index < -0.39 is 5.69 Å². The SMILES string of the molecule is CCCCCn1c(NCCc2ccccc2)nc2c1c(=O)[nH]c(=O)n2C. The first-order valence-electron chi connectivity index (χ1n) is 9.09. The fraction of sp³-hybridized carbons (Fsp3) is 0.421. The van der Waals surface area contributed by atoms with Gasteiger partial charge in [-0.05, 0) is 18.4 Å². The lowest BCUT2D eigenvalue weighted by Gasteiger charge is -2.10. The van der Waals surface area contributed by atoms with E-state index in [-0.39, 0.29) is 5.56 Å². The number of aromatic nitrogens is 4. The minimum Gasteiger partial charge on any atom is -0.355 e. The van der Waals surface area contributed by atoms with Crippen molar-refractivity contribution in [3.05, 3.63) is 56.7 Å². The summed E-state index contributed by atoms with van der Waals surface area (Å²) in [7, 11) is 1.62. The summed E-state index contributed by atoms with van der Waals surface area (Å²) in [6.45, 7) is 3.54. The maximum atomic E-state index is 12.4. The molecule has 2 N–H and O–H groups in total. The van der Waals surface area contributed by atoms with Crippen molar-refractivity contribution in [1.29, 1.82) is 0 Å². The summed E-state index contributed by atoms with van der Waals surface area (Å²) in [6.07, 6.45) is 3.98. The summed E-state index contributed by atoms with van der Waals surface area (Å²) in [5, 5.41) is 3.34. The predicted octanol–water partition coefficient (Wildman–Crippen LogP) is 2.27. The molecule has 0 unspecified atom stereocenters. The molecule has 3 aromatic rings. The van der Waals surface area contributed by atoms with Crippen LogP contribution in [0.4, 0.5) is 5.95 Å². The Bertz CT molecular complexity index is 985. The molecule has 2 heterocycles. The van der Waals surface area contributed by atoms with Crippen LogP contribution in [-0.4, -0.2) is 25.6 Å². The number of H-pyrrole nitrogens is 1. The first-order chi connectivity index (χ1) is 12.6. The number of imidazole rings is 1. The number of rotatable bonds is 8. The lowest BCUT2D eigenvalue weighted by Crippen LogP contribution is -2.29. The molecule has 26 heavy (non-hydrogen) atoms. The first-order valence-corrected chi connectivity index (χ1v) is 9.09. The summed E-state index contributed by atoms with van der Waals surface area (Å²) >= 11 is 0. The molecule has 0 spiro atoms. The number of nitrogens with zero attached hydrogens (tertiary/aromatic N) is 3. The van der Waals surface area contributed by atoms with Crippen LogP contribution in [-0.2, 0) is 20.0 Å². The van der Waals surface area contributed by atoms with Crippen molar-refractivity contribution >= 4 is 17.1 Å². The molecular weight excluding hydrogens is 330 g/mol. The van der Waals surface area contributed by atoms with E-state index in [0.717, 1.165) is 25.7 Å². The van der Waals surface area contributed by atoms with Gasteiger partial charge in [0.15, 0.2) is 11.2 Å². The summed E-state index contributed by atoms with van der Waals surface area (Å²) < 4.78 is 3.28. The molecule has 0 aliphatic carbocycles. The average molecular weight is 355 g/mol. The van der Waals surface area contributed by atoms with Crippen LogP contribution in [0.1, 0.15) is 31.7 Å². The highest BCUT2D eigenvalue weighted by atomic mass is 16.2. The maximum Gasteiger partial charge on any atom is 0.329 e. The minimum atomic E-state index is -0.448. The van der Waals surface area contributed by atoms with E-state index in [1.807, 2.05) is 22.8 Å². The Morgan fingerprint density at radius 2 is 1.92 bits per heavy atom. The average Bonchev–Trinajstić information content (AvgIpc) is 3.00. The van der Waals surface area contributed by atoms with Gasteiger partial charge in [-0.1, -0.05) is 50.1 Å². The summed E-state index contributed by atoms with van der Waals surface area (Å²) in [5.74, 6) is 0.638. The molecular formula is C19H25N5O2. The molecule has 7 nitrogen and oxygen atoms in total. The number of benzene rings is 1. The van der Waals surface area contributed by atoms with Crippen molar-refractivity contribution in [3.63, 3.8) is 0 Å². The number of nitrogens with one attached hydrogen (secondary N) is 2. The van der Waals surface area contributed by atoms with E-state index in [1.165, 1.54) is 10.1 Å². The summed E-state index contributed by atoms with van der Waals surface area (Å²) in [5.41, 5.74) is 1.27. The molecule has 0 radical (unpaired) electrons. The zero-order valence-corrected chi connectivity index (χ0v) is 15.3. The Morgan fingerprint density at radius 1 is 1.15 bits per heavy atom. The van der Waals surface area contributed by atoms with Gasteiger partial charge in [-0.2, -0.15) is 4.98 Å². The normalized spacial score (nSPS) is 11.2. The van der Waals surface area contributed by atoms with Gasteiger partial charge in [-0.25, -0.2) is 4.79 Å². The molecule has 0 aliphatic heterocycles. The Morgan fingerprint density at radius 3 is 2.65 bits per heavy atom. The number of aryl methyl sites for hydroxylation is 2. The number of hydrogen-bond donors (Lipinski definition) is 2. The van der Waals surface area contributed by atoms with Crippen molar-refractivity contribution in [2.24, 2.45) is 7.05 Å². The van der Waals surface area contributed by atoms with Gasteiger partial charge in [0.1, 0.15) is 0 Å².